The molecule has 1 aromatic carbocycles. The van der Waals surface area contributed by atoms with Gasteiger partial charge in [0, 0.05) is 0 Å². The van der Waals surface area contributed by atoms with Gasteiger partial charge < -0.3 is 10.2 Å². The predicted molar refractivity (Wildman–Crippen MR) is 51.3 cm³/mol. The zero-order valence-corrected chi connectivity index (χ0v) is 8.03. The molecule has 0 saturated carbocycles. The molecule has 0 aliphatic heterocycles. The van der Waals surface area contributed by atoms with Gasteiger partial charge in [-0.2, -0.15) is 0 Å². The van der Waals surface area contributed by atoms with Crippen LogP contribution in [0, 0.1) is 20.8 Å². The quantitative estimate of drug-likeness (QED) is 0.648. The van der Waals surface area contributed by atoms with E-state index in [0.29, 0.717) is 0 Å². The highest BCUT2D eigenvalue weighted by atomic mass is 16.6. The van der Waals surface area contributed by atoms with Crippen molar-refractivity contribution >= 4 is 6.16 Å². The van der Waals surface area contributed by atoms with Crippen molar-refractivity contribution in [3.8, 4) is 0 Å². The molecule has 0 aliphatic carbocycles. The highest BCUT2D eigenvalue weighted by Crippen LogP contribution is 2.06. The zero-order chi connectivity index (χ0) is 10.4. The average molecular weight is 182 g/mol. The molecule has 0 aromatic heterocycles. The number of hydrogen-bond acceptors (Lipinski definition) is 1. The summed E-state index contributed by atoms with van der Waals surface area (Å²) in [6.45, 7) is 6.38. The van der Waals surface area contributed by atoms with Gasteiger partial charge in [0.2, 0.25) is 0 Å². The first-order chi connectivity index (χ1) is 5.91. The third-order valence-corrected chi connectivity index (χ3v) is 1.37. The molecule has 2 N–H and O–H groups in total. The fourth-order valence-corrected chi connectivity index (χ4v) is 1.20. The van der Waals surface area contributed by atoms with Crippen molar-refractivity contribution in [2.45, 2.75) is 20.8 Å². The first kappa shape index (κ1) is 11.5. The average Bonchev–Trinajstić information content (AvgIpc) is 1.80. The summed E-state index contributed by atoms with van der Waals surface area (Å²) in [5.41, 5.74) is 4.06. The van der Waals surface area contributed by atoms with Gasteiger partial charge in [0.05, 0.1) is 0 Å². The number of benzene rings is 1. The van der Waals surface area contributed by atoms with E-state index in [1.807, 2.05) is 0 Å². The molecule has 0 unspecified atom stereocenters. The van der Waals surface area contributed by atoms with Crippen molar-refractivity contribution in [1.82, 2.24) is 0 Å². The molecule has 13 heavy (non-hydrogen) atoms. The molecule has 1 aromatic rings. The minimum atomic E-state index is -1.83. The van der Waals surface area contributed by atoms with Gasteiger partial charge in [-0.15, -0.1) is 0 Å². The Morgan fingerprint density at radius 1 is 0.923 bits per heavy atom. The van der Waals surface area contributed by atoms with Crippen molar-refractivity contribution in [1.29, 1.82) is 0 Å². The van der Waals surface area contributed by atoms with Gasteiger partial charge in [-0.1, -0.05) is 34.9 Å². The number of aryl methyl sites for hydroxylation is 3. The predicted octanol–water partition coefficient (Wildman–Crippen LogP) is 2.83. The molecule has 0 saturated heterocycles. The van der Waals surface area contributed by atoms with E-state index in [2.05, 4.69) is 39.0 Å². The summed E-state index contributed by atoms with van der Waals surface area (Å²) in [5.74, 6) is 0. The van der Waals surface area contributed by atoms with Crippen LogP contribution in [0.25, 0.3) is 0 Å². The van der Waals surface area contributed by atoms with Gasteiger partial charge >= 0.3 is 6.16 Å². The lowest BCUT2D eigenvalue weighted by Crippen LogP contribution is -1.81. The summed E-state index contributed by atoms with van der Waals surface area (Å²) in [6, 6.07) is 6.56. The van der Waals surface area contributed by atoms with E-state index in [1.54, 1.807) is 0 Å². The van der Waals surface area contributed by atoms with Crippen LogP contribution >= 0.6 is 0 Å². The fraction of sp³-hybridized carbons (Fsp3) is 0.300. The van der Waals surface area contributed by atoms with Gasteiger partial charge in [-0.05, 0) is 20.8 Å². The minimum Gasteiger partial charge on any atom is -0.450 e. The molecular formula is C10H14O3. The third kappa shape index (κ3) is 6.87. The maximum absolute atomic E-state index is 8.56. The van der Waals surface area contributed by atoms with Crippen LogP contribution in [0.5, 0.6) is 0 Å². The molecule has 3 heteroatoms. The lowest BCUT2D eigenvalue weighted by molar-refractivity contribution is 0.137. The second-order valence-electron chi connectivity index (χ2n) is 2.95. The molecular weight excluding hydrogens is 168 g/mol. The Kier molecular flexibility index (Phi) is 4.59. The highest BCUT2D eigenvalue weighted by molar-refractivity contribution is 5.53. The molecule has 0 aliphatic rings. The maximum Gasteiger partial charge on any atom is 0.503 e. The minimum absolute atomic E-state index is 1.35. The van der Waals surface area contributed by atoms with Crippen LogP contribution in [0.15, 0.2) is 18.2 Å². The Balaban J connectivity index is 0.000000310. The fourth-order valence-electron chi connectivity index (χ4n) is 1.20. The van der Waals surface area contributed by atoms with Crippen molar-refractivity contribution in [3.63, 3.8) is 0 Å². The SMILES string of the molecule is Cc1cc(C)cc(C)c1.O=C(O)O. The van der Waals surface area contributed by atoms with E-state index in [4.69, 9.17) is 15.0 Å². The summed E-state index contributed by atoms with van der Waals surface area (Å²) in [4.78, 5) is 8.56. The monoisotopic (exact) mass is 182 g/mol. The van der Waals surface area contributed by atoms with E-state index >= 15 is 0 Å². The number of hydrogen-bond donors (Lipinski definition) is 2. The normalized spacial score (nSPS) is 8.54. The van der Waals surface area contributed by atoms with Gasteiger partial charge in [0.15, 0.2) is 0 Å². The molecule has 0 bridgehead atoms. The van der Waals surface area contributed by atoms with Crippen LogP contribution in [0.2, 0.25) is 0 Å². The van der Waals surface area contributed by atoms with Gasteiger partial charge in [-0.25, -0.2) is 4.79 Å². The van der Waals surface area contributed by atoms with Gasteiger partial charge in [0.1, 0.15) is 0 Å². The molecule has 0 fully saturated rings. The lowest BCUT2D eigenvalue weighted by atomic mass is 10.1. The Morgan fingerprint density at radius 2 is 1.08 bits per heavy atom. The topological polar surface area (TPSA) is 57.5 Å². The summed E-state index contributed by atoms with van der Waals surface area (Å²) in [7, 11) is 0. The van der Waals surface area contributed by atoms with Crippen LogP contribution in [0.4, 0.5) is 4.79 Å². The van der Waals surface area contributed by atoms with Crippen LogP contribution < -0.4 is 0 Å². The van der Waals surface area contributed by atoms with Crippen molar-refractivity contribution in [3.05, 3.63) is 34.9 Å². The summed E-state index contributed by atoms with van der Waals surface area (Å²) in [5, 5.41) is 13.9. The van der Waals surface area contributed by atoms with Crippen LogP contribution in [0.3, 0.4) is 0 Å². The maximum atomic E-state index is 8.56. The first-order valence-electron chi connectivity index (χ1n) is 3.88. The van der Waals surface area contributed by atoms with Crippen LogP contribution in [-0.2, 0) is 0 Å². The Morgan fingerprint density at radius 3 is 1.23 bits per heavy atom. The zero-order valence-electron chi connectivity index (χ0n) is 8.03. The molecule has 0 heterocycles. The second kappa shape index (κ2) is 5.19. The van der Waals surface area contributed by atoms with Crippen LogP contribution in [-0.4, -0.2) is 16.4 Å². The number of carbonyl (C=O) groups is 1. The van der Waals surface area contributed by atoms with E-state index in [0.717, 1.165) is 0 Å². The summed E-state index contributed by atoms with van der Waals surface area (Å²) < 4.78 is 0. The smallest absolute Gasteiger partial charge is 0.450 e. The molecule has 0 spiro atoms. The van der Waals surface area contributed by atoms with Crippen LogP contribution in [0.1, 0.15) is 16.7 Å². The molecule has 72 valence electrons. The molecule has 0 amide bonds. The molecule has 0 radical (unpaired) electrons. The van der Waals surface area contributed by atoms with E-state index in [9.17, 15) is 0 Å². The number of rotatable bonds is 0. The molecule has 1 rings (SSSR count). The van der Waals surface area contributed by atoms with E-state index in [-0.39, 0.29) is 0 Å². The molecule has 0 atom stereocenters. The standard InChI is InChI=1S/C9H12.CH2O3/c1-7-4-8(2)6-9(3)5-7;2-1(3)4/h4-6H,1-3H3;(H2,2,3,4). The Bertz CT molecular complexity index is 238. The summed E-state index contributed by atoms with van der Waals surface area (Å²) >= 11 is 0. The largest absolute Gasteiger partial charge is 0.503 e. The number of carboxylic acid groups (broad SMARTS) is 2. The Labute approximate surface area is 77.6 Å². The van der Waals surface area contributed by atoms with E-state index in [1.165, 1.54) is 16.7 Å². The van der Waals surface area contributed by atoms with Crippen molar-refractivity contribution in [2.75, 3.05) is 0 Å². The van der Waals surface area contributed by atoms with Gasteiger partial charge in [0.25, 0.3) is 0 Å². The van der Waals surface area contributed by atoms with Crippen molar-refractivity contribution < 1.29 is 15.0 Å². The highest BCUT2D eigenvalue weighted by Gasteiger charge is 1.87. The van der Waals surface area contributed by atoms with Gasteiger partial charge in [-0.3, -0.25) is 0 Å². The van der Waals surface area contributed by atoms with Crippen molar-refractivity contribution in [2.24, 2.45) is 0 Å². The third-order valence-electron chi connectivity index (χ3n) is 1.37. The molecule has 3 nitrogen and oxygen atoms in total. The van der Waals surface area contributed by atoms with E-state index < -0.39 is 6.16 Å². The Hall–Kier alpha value is -1.51. The summed E-state index contributed by atoms with van der Waals surface area (Å²) in [6.07, 6.45) is -1.83. The first-order valence-corrected chi connectivity index (χ1v) is 3.88. The second-order valence-corrected chi connectivity index (χ2v) is 2.95. The lowest BCUT2D eigenvalue weighted by Gasteiger charge is -1.96.